The van der Waals surface area contributed by atoms with Crippen molar-refractivity contribution in [1.29, 1.82) is 0 Å². The van der Waals surface area contributed by atoms with Crippen LogP contribution in [-0.4, -0.2) is 18.0 Å². The molecule has 5 nitrogen and oxygen atoms in total. The molecule has 0 unspecified atom stereocenters. The van der Waals surface area contributed by atoms with Gasteiger partial charge in [0.25, 0.3) is 0 Å². The monoisotopic (exact) mass is 367 g/mol. The van der Waals surface area contributed by atoms with Gasteiger partial charge in [0.2, 0.25) is 5.91 Å². The summed E-state index contributed by atoms with van der Waals surface area (Å²) in [6.45, 7) is 0. The quantitative estimate of drug-likeness (QED) is 0.664. The third kappa shape index (κ3) is 4.97. The number of nitrogens with one attached hydrogen (secondary N) is 2. The zero-order valence-electron chi connectivity index (χ0n) is 14.2. The number of rotatable bonds is 6. The van der Waals surface area contributed by atoms with Crippen LogP contribution in [0.25, 0.3) is 0 Å². The summed E-state index contributed by atoms with van der Waals surface area (Å²) in [4.78, 5) is 16.4. The van der Waals surface area contributed by atoms with Crippen LogP contribution in [0.5, 0.6) is 5.75 Å². The van der Waals surface area contributed by atoms with Gasteiger partial charge in [-0.05, 0) is 42.0 Å². The second-order valence-corrected chi connectivity index (χ2v) is 6.08. The molecule has 132 valence electrons. The van der Waals surface area contributed by atoms with E-state index >= 15 is 0 Å². The van der Waals surface area contributed by atoms with E-state index in [0.717, 1.165) is 22.7 Å². The summed E-state index contributed by atoms with van der Waals surface area (Å²) in [5, 5.41) is 6.67. The Bertz CT molecular complexity index is 880. The lowest BCUT2D eigenvalue weighted by Gasteiger charge is -2.09. The van der Waals surface area contributed by atoms with Gasteiger partial charge in [0.1, 0.15) is 11.6 Å². The lowest BCUT2D eigenvalue weighted by atomic mass is 10.1. The van der Waals surface area contributed by atoms with Gasteiger partial charge in [-0.25, -0.2) is 4.98 Å². The minimum Gasteiger partial charge on any atom is -0.497 e. The number of carbonyl (C=O) groups excluding carboxylic acids is 1. The number of amides is 1. The molecule has 0 bridgehead atoms. The van der Waals surface area contributed by atoms with E-state index in [2.05, 4.69) is 15.6 Å². The molecule has 26 heavy (non-hydrogen) atoms. The van der Waals surface area contributed by atoms with Crippen molar-refractivity contribution in [3.05, 3.63) is 77.4 Å². The van der Waals surface area contributed by atoms with Crippen molar-refractivity contribution >= 4 is 34.7 Å². The molecule has 0 radical (unpaired) electrons. The van der Waals surface area contributed by atoms with Crippen LogP contribution in [-0.2, 0) is 11.2 Å². The summed E-state index contributed by atoms with van der Waals surface area (Å²) in [6.07, 6.45) is 1.93. The topological polar surface area (TPSA) is 63.2 Å². The highest BCUT2D eigenvalue weighted by Crippen LogP contribution is 2.21. The lowest BCUT2D eigenvalue weighted by molar-refractivity contribution is -0.115. The maximum atomic E-state index is 12.1. The van der Waals surface area contributed by atoms with E-state index in [9.17, 15) is 4.79 Å². The first kappa shape index (κ1) is 17.8. The van der Waals surface area contributed by atoms with Crippen molar-refractivity contribution in [2.75, 3.05) is 17.7 Å². The van der Waals surface area contributed by atoms with E-state index in [1.165, 1.54) is 0 Å². The van der Waals surface area contributed by atoms with Crippen molar-refractivity contribution in [2.24, 2.45) is 0 Å². The molecule has 3 aromatic rings. The molecule has 0 saturated carbocycles. The van der Waals surface area contributed by atoms with E-state index in [1.54, 1.807) is 31.5 Å². The molecule has 0 spiro atoms. The minimum absolute atomic E-state index is 0.131. The Morgan fingerprint density at radius 3 is 2.58 bits per heavy atom. The van der Waals surface area contributed by atoms with Crippen LogP contribution >= 0.6 is 11.6 Å². The average molecular weight is 368 g/mol. The van der Waals surface area contributed by atoms with Crippen LogP contribution in [0.1, 0.15) is 5.56 Å². The second kappa shape index (κ2) is 8.36. The maximum Gasteiger partial charge on any atom is 0.229 e. The summed E-state index contributed by atoms with van der Waals surface area (Å²) < 4.78 is 5.20. The standard InChI is InChI=1S/C20H18ClN3O2/c1-26-18-4-2-3-16(12-18)23-17-9-10-19(22-13-17)24-20(25)11-14-5-7-15(21)8-6-14/h2-10,12-13,23H,11H2,1H3,(H,22,24,25). The predicted molar refractivity (Wildman–Crippen MR) is 104 cm³/mol. The number of anilines is 3. The predicted octanol–water partition coefficient (Wildman–Crippen LogP) is 4.67. The number of carbonyl (C=O) groups is 1. The zero-order chi connectivity index (χ0) is 18.4. The van der Waals surface area contributed by atoms with Gasteiger partial charge in [0.05, 0.1) is 25.4 Å². The normalized spacial score (nSPS) is 10.2. The lowest BCUT2D eigenvalue weighted by Crippen LogP contribution is -2.15. The summed E-state index contributed by atoms with van der Waals surface area (Å²) in [5.41, 5.74) is 2.60. The number of halogens is 1. The van der Waals surface area contributed by atoms with Gasteiger partial charge in [0.15, 0.2) is 0 Å². The van der Waals surface area contributed by atoms with Gasteiger partial charge < -0.3 is 15.4 Å². The zero-order valence-corrected chi connectivity index (χ0v) is 15.0. The number of nitrogens with zero attached hydrogens (tertiary/aromatic N) is 1. The van der Waals surface area contributed by atoms with Crippen molar-refractivity contribution in [3.63, 3.8) is 0 Å². The average Bonchev–Trinajstić information content (AvgIpc) is 2.65. The summed E-state index contributed by atoms with van der Waals surface area (Å²) in [5.74, 6) is 1.14. The molecule has 2 N–H and O–H groups in total. The van der Waals surface area contributed by atoms with Crippen LogP contribution in [0.3, 0.4) is 0 Å². The fraction of sp³-hybridized carbons (Fsp3) is 0.100. The van der Waals surface area contributed by atoms with E-state index in [0.29, 0.717) is 10.8 Å². The number of pyridine rings is 1. The molecule has 1 aromatic heterocycles. The highest BCUT2D eigenvalue weighted by molar-refractivity contribution is 6.30. The van der Waals surface area contributed by atoms with Gasteiger partial charge >= 0.3 is 0 Å². The first-order valence-corrected chi connectivity index (χ1v) is 8.41. The van der Waals surface area contributed by atoms with Gasteiger partial charge in [-0.2, -0.15) is 0 Å². The SMILES string of the molecule is COc1cccc(Nc2ccc(NC(=O)Cc3ccc(Cl)cc3)nc2)c1. The summed E-state index contributed by atoms with van der Waals surface area (Å²) in [7, 11) is 1.63. The van der Waals surface area contributed by atoms with Crippen molar-refractivity contribution < 1.29 is 9.53 Å². The highest BCUT2D eigenvalue weighted by Gasteiger charge is 2.05. The van der Waals surface area contributed by atoms with Gasteiger partial charge in [-0.15, -0.1) is 0 Å². The van der Waals surface area contributed by atoms with Crippen LogP contribution in [0.2, 0.25) is 5.02 Å². The minimum atomic E-state index is -0.131. The number of ether oxygens (including phenoxy) is 1. The Labute approximate surface area is 157 Å². The number of hydrogen-bond acceptors (Lipinski definition) is 4. The van der Waals surface area contributed by atoms with Crippen molar-refractivity contribution in [3.8, 4) is 5.75 Å². The Balaban J connectivity index is 1.58. The number of methoxy groups -OCH3 is 1. The Morgan fingerprint density at radius 2 is 1.88 bits per heavy atom. The summed E-state index contributed by atoms with van der Waals surface area (Å²) >= 11 is 5.84. The van der Waals surface area contributed by atoms with E-state index < -0.39 is 0 Å². The second-order valence-electron chi connectivity index (χ2n) is 5.64. The van der Waals surface area contributed by atoms with Crippen LogP contribution < -0.4 is 15.4 Å². The molecular weight excluding hydrogens is 350 g/mol. The highest BCUT2D eigenvalue weighted by atomic mass is 35.5. The van der Waals surface area contributed by atoms with Crippen molar-refractivity contribution in [2.45, 2.75) is 6.42 Å². The number of hydrogen-bond donors (Lipinski definition) is 2. The Kier molecular flexibility index (Phi) is 5.71. The van der Waals surface area contributed by atoms with Gasteiger partial charge in [0, 0.05) is 16.8 Å². The largest absolute Gasteiger partial charge is 0.497 e. The van der Waals surface area contributed by atoms with E-state index in [-0.39, 0.29) is 12.3 Å². The molecule has 1 heterocycles. The fourth-order valence-electron chi connectivity index (χ4n) is 2.38. The molecule has 0 atom stereocenters. The molecule has 1 amide bonds. The smallest absolute Gasteiger partial charge is 0.229 e. The van der Waals surface area contributed by atoms with E-state index in [4.69, 9.17) is 16.3 Å². The van der Waals surface area contributed by atoms with Crippen LogP contribution in [0, 0.1) is 0 Å². The molecule has 0 saturated heterocycles. The summed E-state index contributed by atoms with van der Waals surface area (Å²) in [6, 6.07) is 18.4. The first-order chi connectivity index (χ1) is 12.6. The molecule has 0 fully saturated rings. The third-order valence-corrected chi connectivity index (χ3v) is 3.92. The fourth-order valence-corrected chi connectivity index (χ4v) is 2.51. The van der Waals surface area contributed by atoms with Gasteiger partial charge in [-0.3, -0.25) is 4.79 Å². The van der Waals surface area contributed by atoms with Crippen LogP contribution in [0.15, 0.2) is 66.9 Å². The molecular formula is C20H18ClN3O2. The molecule has 0 aliphatic rings. The maximum absolute atomic E-state index is 12.1. The molecule has 0 aliphatic heterocycles. The Hall–Kier alpha value is -3.05. The number of aromatic nitrogens is 1. The molecule has 3 rings (SSSR count). The Morgan fingerprint density at radius 1 is 1.08 bits per heavy atom. The van der Waals surface area contributed by atoms with Crippen LogP contribution in [0.4, 0.5) is 17.2 Å². The van der Waals surface area contributed by atoms with Gasteiger partial charge in [-0.1, -0.05) is 29.8 Å². The van der Waals surface area contributed by atoms with E-state index in [1.807, 2.05) is 42.5 Å². The first-order valence-electron chi connectivity index (χ1n) is 8.04. The van der Waals surface area contributed by atoms with Crippen molar-refractivity contribution in [1.82, 2.24) is 4.98 Å². The number of benzene rings is 2. The third-order valence-electron chi connectivity index (χ3n) is 3.67. The molecule has 6 heteroatoms. The molecule has 2 aromatic carbocycles. The molecule has 0 aliphatic carbocycles.